The summed E-state index contributed by atoms with van der Waals surface area (Å²) in [7, 11) is -1.08. The minimum atomic E-state index is -1.08. The van der Waals surface area contributed by atoms with E-state index in [1.165, 1.54) is 0 Å². The molecule has 3 nitrogen and oxygen atoms in total. The van der Waals surface area contributed by atoms with Crippen LogP contribution >= 0.6 is 0 Å². The van der Waals surface area contributed by atoms with E-state index in [1.807, 2.05) is 36.4 Å². The number of rotatable bonds is 5. The lowest BCUT2D eigenvalue weighted by Crippen LogP contribution is -2.34. The summed E-state index contributed by atoms with van der Waals surface area (Å²) in [4.78, 5) is 6.56. The number of benzene rings is 2. The molecule has 0 unspecified atom stereocenters. The highest BCUT2D eigenvalue weighted by Crippen LogP contribution is 2.41. The van der Waals surface area contributed by atoms with E-state index in [0.29, 0.717) is 0 Å². The molecule has 0 radical (unpaired) electrons. The van der Waals surface area contributed by atoms with E-state index in [-0.39, 0.29) is 0 Å². The van der Waals surface area contributed by atoms with Crippen molar-refractivity contribution in [2.75, 3.05) is 31.1 Å². The van der Waals surface area contributed by atoms with Crippen molar-refractivity contribution in [3.63, 3.8) is 0 Å². The summed E-state index contributed by atoms with van der Waals surface area (Å²) in [5.74, 6) is 0. The van der Waals surface area contributed by atoms with Crippen LogP contribution in [0.15, 0.2) is 58.3 Å². The number of para-hydroxylation sites is 2. The quantitative estimate of drug-likeness (QED) is 0.842. The lowest BCUT2D eigenvalue weighted by atomic mass is 10.2. The van der Waals surface area contributed by atoms with Crippen molar-refractivity contribution in [2.45, 2.75) is 23.6 Å². The Balaban J connectivity index is 1.99. The molecule has 22 heavy (non-hydrogen) atoms. The highest BCUT2D eigenvalue weighted by atomic mass is 32.2. The second-order valence-electron chi connectivity index (χ2n) is 5.38. The van der Waals surface area contributed by atoms with Gasteiger partial charge < -0.3 is 9.80 Å². The highest BCUT2D eigenvalue weighted by Gasteiger charge is 2.27. The SMILES string of the molecule is CCN(CC)CCN1c2ccccc2S(=O)c2ccccc21. The van der Waals surface area contributed by atoms with Gasteiger partial charge in [-0.2, -0.15) is 0 Å². The minimum absolute atomic E-state index is 0.910. The molecule has 0 amide bonds. The van der Waals surface area contributed by atoms with Crippen LogP contribution < -0.4 is 4.90 Å². The molecular formula is C18H22N2OS. The van der Waals surface area contributed by atoms with Crippen LogP contribution in [0.1, 0.15) is 13.8 Å². The first kappa shape index (κ1) is 15.3. The normalized spacial score (nSPS) is 14.0. The fraction of sp³-hybridized carbons (Fsp3) is 0.333. The Morgan fingerprint density at radius 3 is 1.91 bits per heavy atom. The largest absolute Gasteiger partial charge is 0.338 e. The Kier molecular flexibility index (Phi) is 4.60. The first-order chi connectivity index (χ1) is 10.8. The molecule has 3 rings (SSSR count). The molecule has 0 fully saturated rings. The average Bonchev–Trinajstić information content (AvgIpc) is 2.58. The summed E-state index contributed by atoms with van der Waals surface area (Å²) in [5.41, 5.74) is 2.15. The van der Waals surface area contributed by atoms with Crippen LogP contribution in [0.2, 0.25) is 0 Å². The van der Waals surface area contributed by atoms with Crippen molar-refractivity contribution in [3.05, 3.63) is 48.5 Å². The molecule has 0 saturated heterocycles. The molecular weight excluding hydrogens is 292 g/mol. The smallest absolute Gasteiger partial charge is 0.0892 e. The number of nitrogens with zero attached hydrogens (tertiary/aromatic N) is 2. The number of hydrogen-bond acceptors (Lipinski definition) is 3. The summed E-state index contributed by atoms with van der Waals surface area (Å²) in [6.07, 6.45) is 0. The highest BCUT2D eigenvalue weighted by molar-refractivity contribution is 7.85. The van der Waals surface area contributed by atoms with Crippen molar-refractivity contribution in [1.82, 2.24) is 4.90 Å². The van der Waals surface area contributed by atoms with Crippen molar-refractivity contribution < 1.29 is 4.21 Å². The van der Waals surface area contributed by atoms with Gasteiger partial charge in [0.1, 0.15) is 0 Å². The summed E-state index contributed by atoms with van der Waals surface area (Å²) < 4.78 is 12.8. The molecule has 1 heterocycles. The Hall–Kier alpha value is -1.65. The summed E-state index contributed by atoms with van der Waals surface area (Å²) in [6.45, 7) is 8.40. The fourth-order valence-corrected chi connectivity index (χ4v) is 4.32. The number of fused-ring (bicyclic) bond motifs is 2. The van der Waals surface area contributed by atoms with Gasteiger partial charge in [-0.25, -0.2) is 4.21 Å². The molecule has 2 aromatic rings. The predicted molar refractivity (Wildman–Crippen MR) is 92.4 cm³/mol. The van der Waals surface area contributed by atoms with Crippen molar-refractivity contribution in [3.8, 4) is 0 Å². The topological polar surface area (TPSA) is 23.6 Å². The van der Waals surface area contributed by atoms with Gasteiger partial charge in [-0.05, 0) is 37.4 Å². The minimum Gasteiger partial charge on any atom is -0.338 e. The second kappa shape index (κ2) is 6.63. The maximum Gasteiger partial charge on any atom is 0.0892 e. The summed E-state index contributed by atoms with van der Waals surface area (Å²) in [5, 5.41) is 0. The third kappa shape index (κ3) is 2.69. The van der Waals surface area contributed by atoms with E-state index in [1.54, 1.807) is 0 Å². The van der Waals surface area contributed by atoms with E-state index in [2.05, 4.69) is 35.8 Å². The van der Waals surface area contributed by atoms with Crippen LogP contribution in [-0.2, 0) is 10.8 Å². The van der Waals surface area contributed by atoms with Crippen LogP contribution in [0.4, 0.5) is 11.4 Å². The van der Waals surface area contributed by atoms with Gasteiger partial charge in [-0.1, -0.05) is 38.1 Å². The lowest BCUT2D eigenvalue weighted by molar-refractivity contribution is 0.312. The van der Waals surface area contributed by atoms with Gasteiger partial charge in [0.15, 0.2) is 0 Å². The average molecular weight is 314 g/mol. The second-order valence-corrected chi connectivity index (χ2v) is 6.80. The van der Waals surface area contributed by atoms with Gasteiger partial charge in [0.05, 0.1) is 32.0 Å². The standard InChI is InChI=1S/C18H22N2OS/c1-3-19(4-2)13-14-20-15-9-5-7-11-17(15)22(21)18-12-8-6-10-16(18)20/h5-12H,3-4,13-14H2,1-2H3. The number of hydrogen-bond donors (Lipinski definition) is 0. The Bertz CT molecular complexity index is 633. The molecule has 0 bridgehead atoms. The number of likely N-dealkylation sites (N-methyl/N-ethyl adjacent to an activating group) is 1. The summed E-state index contributed by atoms with van der Waals surface area (Å²) in [6, 6.07) is 16.1. The van der Waals surface area contributed by atoms with Crippen LogP contribution in [0.25, 0.3) is 0 Å². The van der Waals surface area contributed by atoms with Crippen LogP contribution in [0, 0.1) is 0 Å². The molecule has 116 valence electrons. The van der Waals surface area contributed by atoms with Gasteiger partial charge >= 0.3 is 0 Å². The monoisotopic (exact) mass is 314 g/mol. The van der Waals surface area contributed by atoms with Gasteiger partial charge in [0.2, 0.25) is 0 Å². The molecule has 2 aromatic carbocycles. The van der Waals surface area contributed by atoms with Crippen LogP contribution in [0.5, 0.6) is 0 Å². The van der Waals surface area contributed by atoms with Gasteiger partial charge in [-0.15, -0.1) is 0 Å². The molecule has 0 atom stereocenters. The first-order valence-corrected chi connectivity index (χ1v) is 9.01. The molecule has 0 spiro atoms. The molecule has 1 aliphatic heterocycles. The van der Waals surface area contributed by atoms with Gasteiger partial charge in [-0.3, -0.25) is 0 Å². The molecule has 0 N–H and O–H groups in total. The van der Waals surface area contributed by atoms with Gasteiger partial charge in [0, 0.05) is 13.1 Å². The van der Waals surface area contributed by atoms with E-state index in [4.69, 9.17) is 0 Å². The third-order valence-electron chi connectivity index (χ3n) is 4.25. The van der Waals surface area contributed by atoms with Crippen LogP contribution in [-0.4, -0.2) is 35.3 Å². The first-order valence-electron chi connectivity index (χ1n) is 7.86. The zero-order valence-electron chi connectivity index (χ0n) is 13.2. The van der Waals surface area contributed by atoms with E-state index in [0.717, 1.165) is 47.3 Å². The maximum atomic E-state index is 12.8. The van der Waals surface area contributed by atoms with E-state index in [9.17, 15) is 4.21 Å². The Morgan fingerprint density at radius 2 is 1.41 bits per heavy atom. The van der Waals surface area contributed by atoms with E-state index >= 15 is 0 Å². The van der Waals surface area contributed by atoms with E-state index < -0.39 is 10.8 Å². The molecule has 4 heteroatoms. The lowest BCUT2D eigenvalue weighted by Gasteiger charge is -2.34. The Morgan fingerprint density at radius 1 is 0.909 bits per heavy atom. The van der Waals surface area contributed by atoms with Crippen molar-refractivity contribution in [2.24, 2.45) is 0 Å². The summed E-state index contributed by atoms with van der Waals surface area (Å²) >= 11 is 0. The number of anilines is 2. The Labute approximate surface area is 135 Å². The predicted octanol–water partition coefficient (Wildman–Crippen LogP) is 3.65. The van der Waals surface area contributed by atoms with Gasteiger partial charge in [0.25, 0.3) is 0 Å². The third-order valence-corrected chi connectivity index (χ3v) is 5.74. The molecule has 0 aromatic heterocycles. The van der Waals surface area contributed by atoms with Crippen LogP contribution in [0.3, 0.4) is 0 Å². The fourth-order valence-electron chi connectivity index (χ4n) is 2.94. The van der Waals surface area contributed by atoms with Crippen molar-refractivity contribution >= 4 is 22.2 Å². The molecule has 0 saturated carbocycles. The zero-order valence-corrected chi connectivity index (χ0v) is 14.0. The van der Waals surface area contributed by atoms with Crippen molar-refractivity contribution in [1.29, 1.82) is 0 Å². The maximum absolute atomic E-state index is 12.8. The molecule has 1 aliphatic rings. The molecule has 0 aliphatic carbocycles. The zero-order chi connectivity index (χ0) is 15.5.